The molecule has 28 heavy (non-hydrogen) atoms. The van der Waals surface area contributed by atoms with Crippen LogP contribution in [0.3, 0.4) is 0 Å². The van der Waals surface area contributed by atoms with E-state index in [0.717, 1.165) is 39.0 Å². The molecule has 1 fully saturated rings. The molecule has 0 saturated heterocycles. The molecule has 0 bridgehead atoms. The van der Waals surface area contributed by atoms with Crippen LogP contribution in [0.2, 0.25) is 0 Å². The Balaban J connectivity index is 1.21. The first kappa shape index (κ1) is 17.5. The average Bonchev–Trinajstić information content (AvgIpc) is 3.15. The first-order chi connectivity index (χ1) is 13.8. The van der Waals surface area contributed by atoms with Gasteiger partial charge in [0.15, 0.2) is 0 Å². The van der Waals surface area contributed by atoms with Crippen molar-refractivity contribution in [2.45, 2.75) is 45.2 Å². The van der Waals surface area contributed by atoms with E-state index in [9.17, 15) is 4.79 Å². The van der Waals surface area contributed by atoms with Crippen LogP contribution in [0.5, 0.6) is 0 Å². The summed E-state index contributed by atoms with van der Waals surface area (Å²) in [6.45, 7) is 3.51. The van der Waals surface area contributed by atoms with Gasteiger partial charge in [0.05, 0.1) is 0 Å². The first-order valence-electron chi connectivity index (χ1n) is 10.5. The summed E-state index contributed by atoms with van der Waals surface area (Å²) < 4.78 is 0. The van der Waals surface area contributed by atoms with Gasteiger partial charge in [-0.05, 0) is 65.6 Å². The third kappa shape index (κ3) is 3.44. The molecule has 0 radical (unpaired) electrons. The second-order valence-corrected chi connectivity index (χ2v) is 8.37. The number of fused-ring (bicyclic) bond motifs is 1. The number of nitrogens with zero attached hydrogens (tertiary/aromatic N) is 3. The maximum atomic E-state index is 12.4. The molecular weight excluding hydrogens is 346 g/mol. The number of carbonyl (C=O) groups is 1. The van der Waals surface area contributed by atoms with Crippen molar-refractivity contribution in [1.29, 1.82) is 0 Å². The molecule has 1 saturated carbocycles. The van der Waals surface area contributed by atoms with E-state index < -0.39 is 0 Å². The van der Waals surface area contributed by atoms with Gasteiger partial charge >= 0.3 is 0 Å². The van der Waals surface area contributed by atoms with Gasteiger partial charge in [0.25, 0.3) is 0 Å². The number of aromatic nitrogens is 1. The van der Waals surface area contributed by atoms with Crippen LogP contribution in [0.4, 0.5) is 5.69 Å². The summed E-state index contributed by atoms with van der Waals surface area (Å²) in [5.74, 6) is 0.997. The topological polar surface area (TPSA) is 36.4 Å². The van der Waals surface area contributed by atoms with Crippen LogP contribution in [-0.4, -0.2) is 28.9 Å². The Labute approximate surface area is 166 Å². The molecule has 5 rings (SSSR count). The van der Waals surface area contributed by atoms with E-state index in [0.29, 0.717) is 11.8 Å². The molecule has 1 amide bonds. The Hall–Kier alpha value is -2.62. The van der Waals surface area contributed by atoms with E-state index in [1.165, 1.54) is 47.2 Å². The number of hydrogen-bond donors (Lipinski definition) is 0. The SMILES string of the molecule is O=C(CC1CCC1)N1CC=C(c2ccc(N3Cc4ccncc4C3)cc2)CC1. The highest BCUT2D eigenvalue weighted by Crippen LogP contribution is 2.32. The minimum Gasteiger partial charge on any atom is -0.363 e. The fourth-order valence-corrected chi connectivity index (χ4v) is 4.52. The Morgan fingerprint density at radius 2 is 1.89 bits per heavy atom. The van der Waals surface area contributed by atoms with E-state index in [1.54, 1.807) is 0 Å². The van der Waals surface area contributed by atoms with Crippen LogP contribution >= 0.6 is 0 Å². The molecule has 0 N–H and O–H groups in total. The predicted molar refractivity (Wildman–Crippen MR) is 112 cm³/mol. The van der Waals surface area contributed by atoms with Crippen molar-refractivity contribution in [3.8, 4) is 0 Å². The maximum absolute atomic E-state index is 12.4. The summed E-state index contributed by atoms with van der Waals surface area (Å²) in [5, 5.41) is 0. The molecule has 0 atom stereocenters. The number of benzene rings is 1. The van der Waals surface area contributed by atoms with Crippen molar-refractivity contribution in [1.82, 2.24) is 9.88 Å². The molecule has 4 heteroatoms. The van der Waals surface area contributed by atoms with Crippen molar-refractivity contribution in [2.24, 2.45) is 5.92 Å². The van der Waals surface area contributed by atoms with Gasteiger partial charge in [-0.25, -0.2) is 0 Å². The predicted octanol–water partition coefficient (Wildman–Crippen LogP) is 4.41. The van der Waals surface area contributed by atoms with Crippen LogP contribution < -0.4 is 4.90 Å². The van der Waals surface area contributed by atoms with Crippen LogP contribution in [-0.2, 0) is 17.9 Å². The fraction of sp³-hybridized carbons (Fsp3) is 0.417. The number of rotatable bonds is 4. The van der Waals surface area contributed by atoms with Gasteiger partial charge in [-0.3, -0.25) is 9.78 Å². The number of carbonyl (C=O) groups excluding carboxylic acids is 1. The number of anilines is 1. The third-order valence-corrected chi connectivity index (χ3v) is 6.58. The highest BCUT2D eigenvalue weighted by molar-refractivity contribution is 5.78. The Morgan fingerprint density at radius 1 is 1.07 bits per heavy atom. The van der Waals surface area contributed by atoms with Gasteiger partial charge in [0, 0.05) is 50.7 Å². The van der Waals surface area contributed by atoms with Gasteiger partial charge in [0.1, 0.15) is 0 Å². The first-order valence-corrected chi connectivity index (χ1v) is 10.5. The third-order valence-electron chi connectivity index (χ3n) is 6.58. The molecule has 2 aliphatic heterocycles. The van der Waals surface area contributed by atoms with Gasteiger partial charge in [-0.1, -0.05) is 24.6 Å². The zero-order valence-electron chi connectivity index (χ0n) is 16.3. The van der Waals surface area contributed by atoms with Crippen molar-refractivity contribution in [3.63, 3.8) is 0 Å². The lowest BCUT2D eigenvalue weighted by Crippen LogP contribution is -2.36. The molecule has 4 nitrogen and oxygen atoms in total. The molecular formula is C24H27N3O. The molecule has 1 aromatic carbocycles. The lowest BCUT2D eigenvalue weighted by Gasteiger charge is -2.31. The normalized spacial score (nSPS) is 19.2. The summed E-state index contributed by atoms with van der Waals surface area (Å²) >= 11 is 0. The van der Waals surface area contributed by atoms with Crippen LogP contribution in [0.15, 0.2) is 48.8 Å². The highest BCUT2D eigenvalue weighted by atomic mass is 16.2. The van der Waals surface area contributed by atoms with Crippen molar-refractivity contribution in [2.75, 3.05) is 18.0 Å². The highest BCUT2D eigenvalue weighted by Gasteiger charge is 2.25. The minimum atomic E-state index is 0.346. The summed E-state index contributed by atoms with van der Waals surface area (Å²) in [6, 6.07) is 11.0. The second kappa shape index (κ2) is 7.42. The summed E-state index contributed by atoms with van der Waals surface area (Å²) in [7, 11) is 0. The fourth-order valence-electron chi connectivity index (χ4n) is 4.52. The lowest BCUT2D eigenvalue weighted by molar-refractivity contribution is -0.132. The van der Waals surface area contributed by atoms with Gasteiger partial charge in [-0.15, -0.1) is 0 Å². The van der Waals surface area contributed by atoms with Crippen molar-refractivity contribution < 1.29 is 4.79 Å². The van der Waals surface area contributed by atoms with Crippen LogP contribution in [0.1, 0.15) is 48.8 Å². The Bertz CT molecular complexity index is 873. The van der Waals surface area contributed by atoms with E-state index >= 15 is 0 Å². The molecule has 0 spiro atoms. The molecule has 1 aliphatic carbocycles. The molecule has 0 unspecified atom stereocenters. The van der Waals surface area contributed by atoms with E-state index in [-0.39, 0.29) is 0 Å². The quantitative estimate of drug-likeness (QED) is 0.797. The van der Waals surface area contributed by atoms with E-state index in [4.69, 9.17) is 0 Å². The molecule has 1 aromatic heterocycles. The molecule has 2 aromatic rings. The summed E-state index contributed by atoms with van der Waals surface area (Å²) in [5.41, 5.74) is 6.61. The van der Waals surface area contributed by atoms with E-state index in [1.807, 2.05) is 17.3 Å². The summed E-state index contributed by atoms with van der Waals surface area (Å²) in [4.78, 5) is 21.1. The molecule has 144 valence electrons. The van der Waals surface area contributed by atoms with Crippen molar-refractivity contribution in [3.05, 3.63) is 65.5 Å². The van der Waals surface area contributed by atoms with Gasteiger partial charge in [-0.2, -0.15) is 0 Å². The lowest BCUT2D eigenvalue weighted by atomic mass is 9.82. The smallest absolute Gasteiger partial charge is 0.223 e. The number of hydrogen-bond acceptors (Lipinski definition) is 3. The van der Waals surface area contributed by atoms with E-state index in [2.05, 4.69) is 46.3 Å². The van der Waals surface area contributed by atoms with Crippen molar-refractivity contribution >= 4 is 17.2 Å². The van der Waals surface area contributed by atoms with Crippen LogP contribution in [0.25, 0.3) is 5.57 Å². The molecule has 3 heterocycles. The number of pyridine rings is 1. The maximum Gasteiger partial charge on any atom is 0.223 e. The minimum absolute atomic E-state index is 0.346. The van der Waals surface area contributed by atoms with Gasteiger partial charge < -0.3 is 9.80 Å². The Morgan fingerprint density at radius 3 is 2.57 bits per heavy atom. The largest absolute Gasteiger partial charge is 0.363 e. The number of amides is 1. The molecule has 3 aliphatic rings. The second-order valence-electron chi connectivity index (χ2n) is 8.37. The monoisotopic (exact) mass is 373 g/mol. The Kier molecular flexibility index (Phi) is 4.63. The zero-order valence-corrected chi connectivity index (χ0v) is 16.3. The van der Waals surface area contributed by atoms with Crippen LogP contribution in [0, 0.1) is 5.92 Å². The summed E-state index contributed by atoms with van der Waals surface area (Å²) in [6.07, 6.45) is 11.6. The average molecular weight is 374 g/mol. The van der Waals surface area contributed by atoms with Gasteiger partial charge in [0.2, 0.25) is 5.91 Å². The standard InChI is InChI=1S/C24H27N3O/c28-24(14-18-2-1-3-18)26-12-9-20(10-13-26)19-4-6-23(7-5-19)27-16-21-8-11-25-15-22(21)17-27/h4-9,11,15,18H,1-3,10,12-14,16-17H2. The zero-order chi connectivity index (χ0) is 18.9.